The zero-order valence-electron chi connectivity index (χ0n) is 9.93. The molecule has 0 aliphatic carbocycles. The van der Waals surface area contributed by atoms with Crippen molar-refractivity contribution in [3.05, 3.63) is 57.3 Å². The van der Waals surface area contributed by atoms with Crippen LogP contribution in [0.25, 0.3) is 0 Å². The summed E-state index contributed by atoms with van der Waals surface area (Å²) in [5, 5.41) is 11.7. The molecule has 2 N–H and O–H groups in total. The Balaban J connectivity index is 2.25. The minimum Gasteiger partial charge on any atom is -0.478 e. The van der Waals surface area contributed by atoms with Crippen molar-refractivity contribution < 1.29 is 14.7 Å². The summed E-state index contributed by atoms with van der Waals surface area (Å²) < 4.78 is 0.750. The van der Waals surface area contributed by atoms with E-state index in [0.717, 1.165) is 4.47 Å². The maximum atomic E-state index is 12.0. The molecule has 0 radical (unpaired) electrons. The first-order valence-electron chi connectivity index (χ1n) is 5.43. The molecule has 0 aliphatic heterocycles. The SMILES string of the molecule is O=C(O)c1ccc(Cl)c(NC(=O)c2ccc(Br)cn2)c1. The van der Waals surface area contributed by atoms with E-state index in [4.69, 9.17) is 16.7 Å². The third-order valence-corrected chi connectivity index (χ3v) is 3.22. The number of halogens is 2. The number of aromatic carboxylic acids is 1. The van der Waals surface area contributed by atoms with Gasteiger partial charge in [0.05, 0.1) is 16.3 Å². The molecule has 1 aromatic heterocycles. The van der Waals surface area contributed by atoms with Crippen LogP contribution in [-0.2, 0) is 0 Å². The Morgan fingerprint density at radius 1 is 1.25 bits per heavy atom. The number of nitrogens with one attached hydrogen (secondary N) is 1. The minimum absolute atomic E-state index is 0.0356. The molecule has 0 spiro atoms. The van der Waals surface area contributed by atoms with Crippen LogP contribution in [0.2, 0.25) is 5.02 Å². The third kappa shape index (κ3) is 3.34. The number of aromatic nitrogens is 1. The molecule has 2 aromatic rings. The van der Waals surface area contributed by atoms with Gasteiger partial charge in [-0.3, -0.25) is 4.79 Å². The number of rotatable bonds is 3. The monoisotopic (exact) mass is 354 g/mol. The number of carbonyl (C=O) groups excluding carboxylic acids is 1. The zero-order valence-corrected chi connectivity index (χ0v) is 12.3. The average Bonchev–Trinajstić information content (AvgIpc) is 2.41. The van der Waals surface area contributed by atoms with Crippen LogP contribution in [0, 0.1) is 0 Å². The van der Waals surface area contributed by atoms with Crippen molar-refractivity contribution in [1.82, 2.24) is 4.98 Å². The molecule has 0 saturated carbocycles. The highest BCUT2D eigenvalue weighted by Crippen LogP contribution is 2.23. The predicted octanol–water partition coefficient (Wildman–Crippen LogP) is 3.45. The second-order valence-electron chi connectivity index (χ2n) is 3.82. The molecule has 1 amide bonds. The third-order valence-electron chi connectivity index (χ3n) is 2.42. The molecule has 7 heteroatoms. The summed E-state index contributed by atoms with van der Waals surface area (Å²) in [6, 6.07) is 7.28. The summed E-state index contributed by atoms with van der Waals surface area (Å²) >= 11 is 9.14. The number of hydrogen-bond donors (Lipinski definition) is 2. The highest BCUT2D eigenvalue weighted by atomic mass is 79.9. The summed E-state index contributed by atoms with van der Waals surface area (Å²) in [6.45, 7) is 0. The Labute approximate surface area is 127 Å². The summed E-state index contributed by atoms with van der Waals surface area (Å²) in [5.74, 6) is -1.57. The Morgan fingerprint density at radius 2 is 2.00 bits per heavy atom. The lowest BCUT2D eigenvalue weighted by Crippen LogP contribution is -2.14. The second kappa shape index (κ2) is 6.02. The van der Waals surface area contributed by atoms with E-state index in [1.54, 1.807) is 6.07 Å². The summed E-state index contributed by atoms with van der Waals surface area (Å²) in [7, 11) is 0. The van der Waals surface area contributed by atoms with Crippen LogP contribution >= 0.6 is 27.5 Å². The van der Waals surface area contributed by atoms with Gasteiger partial charge in [-0.1, -0.05) is 11.6 Å². The Bertz CT molecular complexity index is 674. The number of pyridine rings is 1. The van der Waals surface area contributed by atoms with Gasteiger partial charge in [-0.2, -0.15) is 0 Å². The highest BCUT2D eigenvalue weighted by molar-refractivity contribution is 9.10. The van der Waals surface area contributed by atoms with Crippen molar-refractivity contribution in [3.63, 3.8) is 0 Å². The highest BCUT2D eigenvalue weighted by Gasteiger charge is 2.12. The van der Waals surface area contributed by atoms with Crippen LogP contribution < -0.4 is 5.32 Å². The maximum absolute atomic E-state index is 12.0. The first-order chi connectivity index (χ1) is 9.47. The number of carboxylic acid groups (broad SMARTS) is 1. The van der Waals surface area contributed by atoms with Crippen LogP contribution in [0.5, 0.6) is 0 Å². The van der Waals surface area contributed by atoms with Gasteiger partial charge in [0.2, 0.25) is 0 Å². The van der Waals surface area contributed by atoms with Gasteiger partial charge in [-0.15, -0.1) is 0 Å². The fourth-order valence-electron chi connectivity index (χ4n) is 1.45. The van der Waals surface area contributed by atoms with E-state index < -0.39 is 11.9 Å². The van der Waals surface area contributed by atoms with Crippen molar-refractivity contribution in [1.29, 1.82) is 0 Å². The molecule has 0 saturated heterocycles. The average molecular weight is 356 g/mol. The Kier molecular flexibility index (Phi) is 4.36. The Morgan fingerprint density at radius 3 is 2.60 bits per heavy atom. The Hall–Kier alpha value is -1.92. The molecule has 0 aliphatic rings. The van der Waals surface area contributed by atoms with Crippen molar-refractivity contribution in [2.24, 2.45) is 0 Å². The molecule has 5 nitrogen and oxygen atoms in total. The van der Waals surface area contributed by atoms with Crippen molar-refractivity contribution in [3.8, 4) is 0 Å². The van der Waals surface area contributed by atoms with Crippen LogP contribution in [0.1, 0.15) is 20.8 Å². The summed E-state index contributed by atoms with van der Waals surface area (Å²) in [6.07, 6.45) is 1.49. The predicted molar refractivity (Wildman–Crippen MR) is 78.3 cm³/mol. The molecule has 2 rings (SSSR count). The first kappa shape index (κ1) is 14.5. The fourth-order valence-corrected chi connectivity index (χ4v) is 1.85. The van der Waals surface area contributed by atoms with E-state index in [0.29, 0.717) is 0 Å². The zero-order chi connectivity index (χ0) is 14.7. The van der Waals surface area contributed by atoms with Gasteiger partial charge in [0.25, 0.3) is 5.91 Å². The lowest BCUT2D eigenvalue weighted by molar-refractivity contribution is 0.0696. The van der Waals surface area contributed by atoms with Crippen molar-refractivity contribution in [2.45, 2.75) is 0 Å². The van der Waals surface area contributed by atoms with Gasteiger partial charge < -0.3 is 10.4 Å². The van der Waals surface area contributed by atoms with E-state index in [2.05, 4.69) is 26.2 Å². The van der Waals surface area contributed by atoms with Crippen LogP contribution in [0.15, 0.2) is 41.0 Å². The van der Waals surface area contributed by atoms with E-state index in [1.807, 2.05) is 0 Å². The number of benzene rings is 1. The van der Waals surface area contributed by atoms with Crippen LogP contribution in [0.4, 0.5) is 5.69 Å². The molecule has 0 bridgehead atoms. The quantitative estimate of drug-likeness (QED) is 0.884. The van der Waals surface area contributed by atoms with Crippen LogP contribution in [0.3, 0.4) is 0 Å². The normalized spacial score (nSPS) is 10.1. The molecule has 1 heterocycles. The molecule has 0 unspecified atom stereocenters. The molecular weight excluding hydrogens is 348 g/mol. The standard InChI is InChI=1S/C13H8BrClN2O3/c14-8-2-4-10(16-6-8)12(18)17-11-5-7(13(19)20)1-3-9(11)15/h1-6H,(H,17,18)(H,19,20). The molecule has 0 fully saturated rings. The fraction of sp³-hybridized carbons (Fsp3) is 0. The van der Waals surface area contributed by atoms with Gasteiger partial charge in [-0.25, -0.2) is 9.78 Å². The van der Waals surface area contributed by atoms with E-state index >= 15 is 0 Å². The lowest BCUT2D eigenvalue weighted by Gasteiger charge is -2.07. The maximum Gasteiger partial charge on any atom is 0.335 e. The van der Waals surface area contributed by atoms with Crippen molar-refractivity contribution >= 4 is 45.1 Å². The molecular formula is C13H8BrClN2O3. The first-order valence-corrected chi connectivity index (χ1v) is 6.60. The van der Waals surface area contributed by atoms with Crippen LogP contribution in [-0.4, -0.2) is 22.0 Å². The smallest absolute Gasteiger partial charge is 0.335 e. The summed E-state index contributed by atoms with van der Waals surface area (Å²) in [5.41, 5.74) is 0.458. The van der Waals surface area contributed by atoms with E-state index in [-0.39, 0.29) is 22.0 Å². The van der Waals surface area contributed by atoms with Gasteiger partial charge in [0, 0.05) is 10.7 Å². The van der Waals surface area contributed by atoms with Gasteiger partial charge in [0.15, 0.2) is 0 Å². The molecule has 1 aromatic carbocycles. The largest absolute Gasteiger partial charge is 0.478 e. The van der Waals surface area contributed by atoms with Gasteiger partial charge in [-0.05, 0) is 46.3 Å². The number of carbonyl (C=O) groups is 2. The molecule has 0 atom stereocenters. The van der Waals surface area contributed by atoms with Gasteiger partial charge in [0.1, 0.15) is 5.69 Å². The van der Waals surface area contributed by atoms with Crippen molar-refractivity contribution in [2.75, 3.05) is 5.32 Å². The van der Waals surface area contributed by atoms with E-state index in [9.17, 15) is 9.59 Å². The molecule has 20 heavy (non-hydrogen) atoms. The van der Waals surface area contributed by atoms with Gasteiger partial charge >= 0.3 is 5.97 Å². The molecule has 102 valence electrons. The second-order valence-corrected chi connectivity index (χ2v) is 5.14. The number of hydrogen-bond acceptors (Lipinski definition) is 3. The number of nitrogens with zero attached hydrogens (tertiary/aromatic N) is 1. The lowest BCUT2D eigenvalue weighted by atomic mass is 10.2. The number of amides is 1. The minimum atomic E-state index is -1.10. The summed E-state index contributed by atoms with van der Waals surface area (Å²) in [4.78, 5) is 26.8. The van der Waals surface area contributed by atoms with E-state index in [1.165, 1.54) is 30.5 Å². The number of anilines is 1. The topological polar surface area (TPSA) is 79.3 Å². The number of carboxylic acids is 1.